The SMILES string of the molecule is CC(C)(O)CNC(=O)c1nc(Br)c(C(F)(F)F)cc1N. The second-order valence-corrected chi connectivity index (χ2v) is 5.51. The summed E-state index contributed by atoms with van der Waals surface area (Å²) in [4.78, 5) is 15.3. The number of nitrogens with two attached hydrogens (primary N) is 1. The Kier molecular flexibility index (Phi) is 4.65. The van der Waals surface area contributed by atoms with E-state index in [2.05, 4.69) is 26.2 Å². The van der Waals surface area contributed by atoms with Crippen LogP contribution in [0, 0.1) is 0 Å². The highest BCUT2D eigenvalue weighted by Gasteiger charge is 2.35. The second-order valence-electron chi connectivity index (χ2n) is 4.76. The first-order valence-electron chi connectivity index (χ1n) is 5.45. The van der Waals surface area contributed by atoms with Crippen LogP contribution in [0.15, 0.2) is 10.7 Å². The van der Waals surface area contributed by atoms with Crippen LogP contribution in [0.5, 0.6) is 0 Å². The van der Waals surface area contributed by atoms with Crippen molar-refractivity contribution < 1.29 is 23.1 Å². The molecule has 1 heterocycles. The number of pyridine rings is 1. The van der Waals surface area contributed by atoms with Gasteiger partial charge in [-0.25, -0.2) is 4.98 Å². The molecular weight excluding hydrogens is 343 g/mol. The minimum atomic E-state index is -4.62. The molecule has 0 aliphatic heterocycles. The molecule has 0 aliphatic rings. The van der Waals surface area contributed by atoms with Gasteiger partial charge < -0.3 is 16.2 Å². The van der Waals surface area contributed by atoms with Crippen LogP contribution in [-0.2, 0) is 6.18 Å². The molecule has 0 aromatic carbocycles. The lowest BCUT2D eigenvalue weighted by atomic mass is 10.1. The second kappa shape index (κ2) is 5.57. The van der Waals surface area contributed by atoms with Crippen LogP contribution < -0.4 is 11.1 Å². The van der Waals surface area contributed by atoms with E-state index in [9.17, 15) is 23.1 Å². The summed E-state index contributed by atoms with van der Waals surface area (Å²) in [6.07, 6.45) is -4.62. The van der Waals surface area contributed by atoms with Crippen LogP contribution in [0.25, 0.3) is 0 Å². The number of aliphatic hydroxyl groups is 1. The summed E-state index contributed by atoms with van der Waals surface area (Å²) < 4.78 is 37.3. The molecule has 0 aliphatic carbocycles. The number of carbonyl (C=O) groups excluding carboxylic acids is 1. The zero-order chi connectivity index (χ0) is 15.7. The largest absolute Gasteiger partial charge is 0.419 e. The summed E-state index contributed by atoms with van der Waals surface area (Å²) in [7, 11) is 0. The number of nitrogens with zero attached hydrogens (tertiary/aromatic N) is 1. The molecule has 1 aromatic heterocycles. The highest BCUT2D eigenvalue weighted by molar-refractivity contribution is 9.10. The number of halogens is 4. The molecule has 0 spiro atoms. The van der Waals surface area contributed by atoms with E-state index < -0.39 is 33.5 Å². The van der Waals surface area contributed by atoms with Gasteiger partial charge in [-0.2, -0.15) is 13.2 Å². The molecule has 4 N–H and O–H groups in total. The van der Waals surface area contributed by atoms with Gasteiger partial charge in [0.25, 0.3) is 5.91 Å². The third-order valence-corrected chi connectivity index (χ3v) is 2.81. The van der Waals surface area contributed by atoms with Crippen LogP contribution >= 0.6 is 15.9 Å². The minimum absolute atomic E-state index is 0.0917. The summed E-state index contributed by atoms with van der Waals surface area (Å²) >= 11 is 2.66. The maximum absolute atomic E-state index is 12.6. The molecule has 0 saturated carbocycles. The maximum atomic E-state index is 12.6. The lowest BCUT2D eigenvalue weighted by molar-refractivity contribution is -0.138. The van der Waals surface area contributed by atoms with Gasteiger partial charge in [0.05, 0.1) is 16.9 Å². The van der Waals surface area contributed by atoms with Gasteiger partial charge in [0.2, 0.25) is 0 Å². The summed E-state index contributed by atoms with van der Waals surface area (Å²) in [5.41, 5.74) is 2.47. The van der Waals surface area contributed by atoms with Gasteiger partial charge in [-0.05, 0) is 35.8 Å². The predicted octanol–water partition coefficient (Wildman–Crippen LogP) is 1.95. The topological polar surface area (TPSA) is 88.2 Å². The molecule has 0 radical (unpaired) electrons. The van der Waals surface area contributed by atoms with E-state index in [-0.39, 0.29) is 12.2 Å². The number of hydrogen-bond donors (Lipinski definition) is 3. The van der Waals surface area contributed by atoms with Crippen LogP contribution in [-0.4, -0.2) is 28.1 Å². The number of amides is 1. The Hall–Kier alpha value is -1.35. The number of aromatic nitrogens is 1. The average Bonchev–Trinajstić information content (AvgIpc) is 2.26. The minimum Gasteiger partial charge on any atom is -0.397 e. The molecule has 0 fully saturated rings. The number of nitrogens with one attached hydrogen (secondary N) is 1. The first-order chi connectivity index (χ1) is 8.92. The van der Waals surface area contributed by atoms with E-state index in [1.807, 2.05) is 0 Å². The molecule has 5 nitrogen and oxygen atoms in total. The molecular formula is C11H13BrF3N3O2. The van der Waals surface area contributed by atoms with E-state index in [1.165, 1.54) is 13.8 Å². The lowest BCUT2D eigenvalue weighted by Crippen LogP contribution is -2.38. The van der Waals surface area contributed by atoms with Crippen molar-refractivity contribution in [2.24, 2.45) is 0 Å². The van der Waals surface area contributed by atoms with Gasteiger partial charge in [0.1, 0.15) is 4.60 Å². The molecule has 1 rings (SSSR count). The predicted molar refractivity (Wildman–Crippen MR) is 70.0 cm³/mol. The average molecular weight is 356 g/mol. The third kappa shape index (κ3) is 4.34. The Morgan fingerprint density at radius 3 is 2.50 bits per heavy atom. The maximum Gasteiger partial charge on any atom is 0.419 e. The van der Waals surface area contributed by atoms with E-state index in [4.69, 9.17) is 5.73 Å². The van der Waals surface area contributed by atoms with Crippen molar-refractivity contribution >= 4 is 27.5 Å². The van der Waals surface area contributed by atoms with Crippen LogP contribution in [0.1, 0.15) is 29.9 Å². The van der Waals surface area contributed by atoms with Gasteiger partial charge >= 0.3 is 6.18 Å². The first kappa shape index (κ1) is 16.7. The number of nitrogen functional groups attached to an aromatic ring is 1. The monoisotopic (exact) mass is 355 g/mol. The van der Waals surface area contributed by atoms with Crippen molar-refractivity contribution in [3.63, 3.8) is 0 Å². The quantitative estimate of drug-likeness (QED) is 0.723. The third-order valence-electron chi connectivity index (χ3n) is 2.21. The highest BCUT2D eigenvalue weighted by Crippen LogP contribution is 2.35. The van der Waals surface area contributed by atoms with Crippen molar-refractivity contribution in [2.45, 2.75) is 25.6 Å². The van der Waals surface area contributed by atoms with Crippen molar-refractivity contribution in [2.75, 3.05) is 12.3 Å². The first-order valence-corrected chi connectivity index (χ1v) is 6.25. The van der Waals surface area contributed by atoms with Gasteiger partial charge in [0.15, 0.2) is 5.69 Å². The number of anilines is 1. The fraction of sp³-hybridized carbons (Fsp3) is 0.455. The van der Waals surface area contributed by atoms with E-state index in [0.717, 1.165) is 0 Å². The van der Waals surface area contributed by atoms with Crippen molar-refractivity contribution in [1.82, 2.24) is 10.3 Å². The Balaban J connectivity index is 3.04. The van der Waals surface area contributed by atoms with Crippen molar-refractivity contribution in [3.05, 3.63) is 21.9 Å². The van der Waals surface area contributed by atoms with Crippen molar-refractivity contribution in [1.29, 1.82) is 0 Å². The Morgan fingerprint density at radius 1 is 1.50 bits per heavy atom. The molecule has 0 atom stereocenters. The summed E-state index contributed by atoms with van der Waals surface area (Å²) in [5.74, 6) is -0.765. The van der Waals surface area contributed by atoms with Crippen LogP contribution in [0.4, 0.5) is 18.9 Å². The molecule has 0 saturated heterocycles. The molecule has 1 aromatic rings. The molecule has 0 unspecified atom stereocenters. The van der Waals surface area contributed by atoms with E-state index >= 15 is 0 Å². The summed E-state index contributed by atoms with van der Waals surface area (Å²) in [5, 5.41) is 11.8. The fourth-order valence-electron chi connectivity index (χ4n) is 1.27. The van der Waals surface area contributed by atoms with Gasteiger partial charge in [-0.15, -0.1) is 0 Å². The molecule has 0 bridgehead atoms. The molecule has 1 amide bonds. The summed E-state index contributed by atoms with van der Waals surface area (Å²) in [6, 6.07) is 0.635. The van der Waals surface area contributed by atoms with Crippen LogP contribution in [0.3, 0.4) is 0 Å². The normalized spacial score (nSPS) is 12.3. The zero-order valence-corrected chi connectivity index (χ0v) is 12.3. The lowest BCUT2D eigenvalue weighted by Gasteiger charge is -2.18. The molecule has 112 valence electrons. The van der Waals surface area contributed by atoms with Crippen LogP contribution in [0.2, 0.25) is 0 Å². The molecule has 9 heteroatoms. The van der Waals surface area contributed by atoms with Gasteiger partial charge in [-0.1, -0.05) is 0 Å². The number of rotatable bonds is 3. The van der Waals surface area contributed by atoms with Crippen molar-refractivity contribution in [3.8, 4) is 0 Å². The Bertz CT molecular complexity index is 527. The number of hydrogen-bond acceptors (Lipinski definition) is 4. The van der Waals surface area contributed by atoms with E-state index in [1.54, 1.807) is 0 Å². The van der Waals surface area contributed by atoms with Gasteiger partial charge in [-0.3, -0.25) is 4.79 Å². The fourth-order valence-corrected chi connectivity index (χ4v) is 1.78. The smallest absolute Gasteiger partial charge is 0.397 e. The Labute approximate surface area is 121 Å². The zero-order valence-electron chi connectivity index (χ0n) is 10.7. The molecule has 20 heavy (non-hydrogen) atoms. The standard InChI is InChI=1S/C11H13BrF3N3O2/c1-10(2,20)4-17-9(19)7-6(16)3-5(8(12)18-7)11(13,14)15/h3,20H,4,16H2,1-2H3,(H,17,19). The number of alkyl halides is 3. The van der Waals surface area contributed by atoms with Gasteiger partial charge in [0, 0.05) is 6.54 Å². The highest BCUT2D eigenvalue weighted by atomic mass is 79.9. The van der Waals surface area contributed by atoms with E-state index in [0.29, 0.717) is 6.07 Å². The number of carbonyl (C=O) groups is 1. The Morgan fingerprint density at radius 2 is 2.05 bits per heavy atom. The summed E-state index contributed by atoms with van der Waals surface area (Å²) in [6.45, 7) is 2.84.